The van der Waals surface area contributed by atoms with Gasteiger partial charge < -0.3 is 9.94 Å². The molecule has 0 spiro atoms. The molecule has 0 saturated heterocycles. The fraction of sp³-hybridized carbons (Fsp3) is 0.182. The number of benzene rings is 1. The Morgan fingerprint density at radius 2 is 2.00 bits per heavy atom. The summed E-state index contributed by atoms with van der Waals surface area (Å²) in [7, 11) is 0. The lowest BCUT2D eigenvalue weighted by molar-refractivity contribution is -0.615. The van der Waals surface area contributed by atoms with Crippen molar-refractivity contribution >= 4 is 34.5 Å². The number of rotatable bonds is 9. The van der Waals surface area contributed by atoms with Crippen LogP contribution in [0.25, 0.3) is 27.3 Å². The smallest absolute Gasteiger partial charge is 0.345 e. The average molecular weight is 583 g/mol. The van der Waals surface area contributed by atoms with Gasteiger partial charge in [0.05, 0.1) is 45.0 Å². The molecule has 0 aliphatic heterocycles. The highest BCUT2D eigenvalue weighted by Crippen LogP contribution is 2.34. The summed E-state index contributed by atoms with van der Waals surface area (Å²) < 4.78 is 48.2. The van der Waals surface area contributed by atoms with Crippen molar-refractivity contribution in [1.82, 2.24) is 35.0 Å². The van der Waals surface area contributed by atoms with Crippen molar-refractivity contribution in [3.8, 4) is 27.3 Å². The van der Waals surface area contributed by atoms with Crippen LogP contribution in [0.15, 0.2) is 54.7 Å². The monoisotopic (exact) mass is 582 g/mol. The van der Waals surface area contributed by atoms with Crippen LogP contribution >= 0.6 is 34.5 Å². The minimum absolute atomic E-state index is 0.000235. The van der Waals surface area contributed by atoms with Crippen LogP contribution in [0.4, 0.5) is 13.2 Å². The lowest BCUT2D eigenvalue weighted by atomic mass is 10.0. The predicted molar refractivity (Wildman–Crippen MR) is 132 cm³/mol. The minimum Gasteiger partial charge on any atom is -0.618 e. The van der Waals surface area contributed by atoms with E-state index in [1.807, 2.05) is 0 Å². The second kappa shape index (κ2) is 11.0. The van der Waals surface area contributed by atoms with E-state index in [0.29, 0.717) is 15.2 Å². The lowest BCUT2D eigenvalue weighted by Gasteiger charge is -2.18. The Balaban J connectivity index is 1.55. The van der Waals surface area contributed by atoms with Gasteiger partial charge in [-0.2, -0.15) is 23.3 Å². The van der Waals surface area contributed by atoms with E-state index in [1.54, 1.807) is 11.7 Å². The highest BCUT2D eigenvalue weighted by molar-refractivity contribution is 7.13. The molecule has 10 nitrogen and oxygen atoms in total. The number of thiazole rings is 1. The Hall–Kier alpha value is -3.59. The van der Waals surface area contributed by atoms with Crippen LogP contribution in [0, 0.1) is 11.0 Å². The largest absolute Gasteiger partial charge is 0.618 e. The third kappa shape index (κ3) is 5.20. The van der Waals surface area contributed by atoms with E-state index in [-0.39, 0.29) is 45.7 Å². The van der Waals surface area contributed by atoms with Gasteiger partial charge in [-0.15, -0.1) is 16.4 Å². The molecule has 5 rings (SSSR count). The Labute approximate surface area is 226 Å². The van der Waals surface area contributed by atoms with E-state index in [4.69, 9.17) is 23.2 Å². The number of tetrazole rings is 1. The first-order chi connectivity index (χ1) is 18.3. The van der Waals surface area contributed by atoms with Crippen molar-refractivity contribution < 1.29 is 22.6 Å². The number of halogens is 5. The summed E-state index contributed by atoms with van der Waals surface area (Å²) >= 11 is 13.4. The van der Waals surface area contributed by atoms with Crippen molar-refractivity contribution in [1.29, 1.82) is 0 Å². The van der Waals surface area contributed by atoms with Gasteiger partial charge in [-0.3, -0.25) is 4.68 Å². The maximum atomic E-state index is 15.2. The van der Waals surface area contributed by atoms with Gasteiger partial charge in [0.2, 0.25) is 5.69 Å². The third-order valence-corrected chi connectivity index (χ3v) is 7.15. The van der Waals surface area contributed by atoms with E-state index >= 15 is 4.39 Å². The highest BCUT2D eigenvalue weighted by atomic mass is 35.5. The molecule has 1 aromatic carbocycles. The number of alkyl halides is 2. The van der Waals surface area contributed by atoms with E-state index < -0.39 is 18.5 Å². The molecule has 4 aromatic heterocycles. The Morgan fingerprint density at radius 1 is 1.16 bits per heavy atom. The van der Waals surface area contributed by atoms with Crippen molar-refractivity contribution in [2.45, 2.75) is 19.1 Å². The molecule has 0 N–H and O–H groups in total. The highest BCUT2D eigenvalue weighted by Gasteiger charge is 2.26. The van der Waals surface area contributed by atoms with Crippen molar-refractivity contribution in [2.75, 3.05) is 6.61 Å². The van der Waals surface area contributed by atoms with Gasteiger partial charge in [-0.05, 0) is 28.6 Å². The van der Waals surface area contributed by atoms with Gasteiger partial charge in [0.15, 0.2) is 12.0 Å². The van der Waals surface area contributed by atoms with Gasteiger partial charge in [-0.25, -0.2) is 9.37 Å². The van der Waals surface area contributed by atoms with Gasteiger partial charge in [0.1, 0.15) is 17.5 Å². The topological polar surface area (TPSA) is 110 Å². The van der Waals surface area contributed by atoms with Gasteiger partial charge in [-0.1, -0.05) is 23.2 Å². The van der Waals surface area contributed by atoms with Crippen LogP contribution in [0.5, 0.6) is 0 Å². The molecule has 0 aliphatic rings. The number of aromatic nitrogens is 8. The zero-order valence-corrected chi connectivity index (χ0v) is 21.3. The molecule has 16 heteroatoms. The van der Waals surface area contributed by atoms with Crippen molar-refractivity contribution in [2.24, 2.45) is 0 Å². The van der Waals surface area contributed by atoms with Crippen LogP contribution in [0.3, 0.4) is 0 Å². The van der Waals surface area contributed by atoms with Gasteiger partial charge >= 0.3 is 6.61 Å². The molecule has 4 heterocycles. The molecular weight excluding hydrogens is 568 g/mol. The van der Waals surface area contributed by atoms with E-state index in [9.17, 15) is 14.0 Å². The minimum atomic E-state index is -2.97. The summed E-state index contributed by atoms with van der Waals surface area (Å²) in [4.78, 5) is 4.67. The van der Waals surface area contributed by atoms with E-state index in [0.717, 1.165) is 6.20 Å². The Bertz CT molecular complexity index is 1560. The predicted octanol–water partition coefficient (Wildman–Crippen LogP) is 4.95. The summed E-state index contributed by atoms with van der Waals surface area (Å²) in [5.74, 6) is -0.771. The normalized spacial score (nSPS) is 12.4. The number of nitrogens with zero attached hydrogens (tertiary/aromatic N) is 8. The van der Waals surface area contributed by atoms with Gasteiger partial charge in [0, 0.05) is 24.2 Å². The number of hydrogen-bond donors (Lipinski definition) is 0. The molecule has 0 unspecified atom stereocenters. The lowest BCUT2D eigenvalue weighted by Crippen LogP contribution is -2.36. The fourth-order valence-electron chi connectivity index (χ4n) is 3.91. The van der Waals surface area contributed by atoms with Crippen LogP contribution in [-0.2, 0) is 4.74 Å². The zero-order chi connectivity index (χ0) is 26.8. The molecule has 0 fully saturated rings. The first-order valence-electron chi connectivity index (χ1n) is 10.8. The maximum absolute atomic E-state index is 15.2. The first-order valence-corrected chi connectivity index (χ1v) is 12.4. The Kier molecular flexibility index (Phi) is 7.56. The molecule has 1 atom stereocenters. The standard InChI is InChI=1S/C22H15Cl2F3N8O2S/c23-14-2-4-17(34-10-29-31-32-34)18(19(14)25)12-1-3-16(35(36)9-12)15(5-6-37-22(26)27)33-8-13(7-30-33)20-21(24)28-11-38-20/h1-4,7-11,15,22H,5-6H2/t15-/m1/s1. The fourth-order valence-corrected chi connectivity index (χ4v) is 5.07. The summed E-state index contributed by atoms with van der Waals surface area (Å²) in [6.07, 6.45) is 5.58. The quantitative estimate of drug-likeness (QED) is 0.179. The van der Waals surface area contributed by atoms with Gasteiger partial charge in [0.25, 0.3) is 0 Å². The molecule has 0 amide bonds. The molecule has 196 valence electrons. The second-order valence-electron chi connectivity index (χ2n) is 7.80. The zero-order valence-electron chi connectivity index (χ0n) is 19.0. The molecule has 0 bridgehead atoms. The summed E-state index contributed by atoms with van der Waals surface area (Å²) in [6.45, 7) is -3.33. The van der Waals surface area contributed by atoms with E-state index in [1.165, 1.54) is 57.5 Å². The number of ether oxygens (including phenoxy) is 1. The summed E-state index contributed by atoms with van der Waals surface area (Å²) in [5, 5.41) is 28.6. The summed E-state index contributed by atoms with van der Waals surface area (Å²) in [5.41, 5.74) is 2.81. The molecule has 0 saturated carbocycles. The van der Waals surface area contributed by atoms with Crippen LogP contribution in [0.2, 0.25) is 10.2 Å². The average Bonchev–Trinajstić information content (AvgIpc) is 3.66. The first kappa shape index (κ1) is 26.0. The second-order valence-corrected chi connectivity index (χ2v) is 9.42. The van der Waals surface area contributed by atoms with Crippen LogP contribution in [0.1, 0.15) is 18.2 Å². The third-order valence-electron chi connectivity index (χ3n) is 5.59. The summed E-state index contributed by atoms with van der Waals surface area (Å²) in [6, 6.07) is 5.03. The number of hydrogen-bond acceptors (Lipinski definition) is 8. The molecule has 0 aliphatic carbocycles. The molecule has 38 heavy (non-hydrogen) atoms. The SMILES string of the molecule is [O-][n+]1cc(-c2c(-n3cnnn3)ccc(Cl)c2F)ccc1[C@@H](CCOC(F)F)n1cc(-c2scnc2Cl)cn1. The Morgan fingerprint density at radius 3 is 2.68 bits per heavy atom. The molecular formula is C22H15Cl2F3N8O2S. The van der Waals surface area contributed by atoms with E-state index in [2.05, 4.69) is 30.3 Å². The molecule has 0 radical (unpaired) electrons. The van der Waals surface area contributed by atoms with Crippen LogP contribution < -0.4 is 4.73 Å². The van der Waals surface area contributed by atoms with Crippen LogP contribution in [-0.4, -0.2) is 48.2 Å². The molecule has 5 aromatic rings. The van der Waals surface area contributed by atoms with Crippen molar-refractivity contribution in [3.63, 3.8) is 0 Å². The maximum Gasteiger partial charge on any atom is 0.345 e. The van der Waals surface area contributed by atoms with Crippen molar-refractivity contribution in [3.05, 3.63) is 81.6 Å². The number of pyridine rings is 1.